The maximum Gasteiger partial charge on any atom is 0.160 e. The normalized spacial score (nSPS) is 15.6. The third-order valence-corrected chi connectivity index (χ3v) is 5.05. The largest absolute Gasteiger partial charge is 0.384 e. The fourth-order valence-electron chi connectivity index (χ4n) is 3.61. The first-order valence-electron chi connectivity index (χ1n) is 9.05. The Bertz CT molecular complexity index is 909. The lowest BCUT2D eigenvalue weighted by Crippen LogP contribution is -2.17. The fourth-order valence-corrected chi connectivity index (χ4v) is 3.61. The van der Waals surface area contributed by atoms with Gasteiger partial charge in [-0.15, -0.1) is 0 Å². The standard InChI is InChI=1S/C19H24N6O/c1-12-22-16-3-2-15(14-10-17(20)24-18(21)11-14)23-19(16)25(12)7-4-13-5-8-26-9-6-13/h2-3,10-11,13H,4-9H2,1H3,(H4,20,21,24). The number of ether oxygens (including phenoxy) is 1. The van der Waals surface area contributed by atoms with Crippen LogP contribution in [-0.4, -0.2) is 32.7 Å². The van der Waals surface area contributed by atoms with E-state index in [0.717, 1.165) is 67.3 Å². The molecule has 1 fully saturated rings. The van der Waals surface area contributed by atoms with Gasteiger partial charge in [-0.2, -0.15) is 0 Å². The van der Waals surface area contributed by atoms with Crippen LogP contribution in [0.3, 0.4) is 0 Å². The second-order valence-electron chi connectivity index (χ2n) is 6.90. The van der Waals surface area contributed by atoms with Gasteiger partial charge in [-0.1, -0.05) is 0 Å². The summed E-state index contributed by atoms with van der Waals surface area (Å²) >= 11 is 0. The van der Waals surface area contributed by atoms with Crippen LogP contribution in [0.4, 0.5) is 11.6 Å². The Kier molecular flexibility index (Phi) is 4.46. The molecule has 0 saturated carbocycles. The van der Waals surface area contributed by atoms with E-state index in [-0.39, 0.29) is 0 Å². The molecule has 3 aromatic heterocycles. The highest BCUT2D eigenvalue weighted by molar-refractivity contribution is 5.77. The SMILES string of the molecule is Cc1nc2ccc(-c3cc(N)nc(N)c3)nc2n1CCC1CCOCC1. The smallest absolute Gasteiger partial charge is 0.160 e. The van der Waals surface area contributed by atoms with E-state index in [0.29, 0.717) is 17.6 Å². The Labute approximate surface area is 152 Å². The van der Waals surface area contributed by atoms with Crippen molar-refractivity contribution < 1.29 is 4.74 Å². The summed E-state index contributed by atoms with van der Waals surface area (Å²) in [5.74, 6) is 2.49. The van der Waals surface area contributed by atoms with Crippen LogP contribution in [0.15, 0.2) is 24.3 Å². The summed E-state index contributed by atoms with van der Waals surface area (Å²) in [6.07, 6.45) is 3.40. The second kappa shape index (κ2) is 6.92. The molecule has 7 nitrogen and oxygen atoms in total. The average molecular weight is 352 g/mol. The molecule has 0 unspecified atom stereocenters. The van der Waals surface area contributed by atoms with Crippen LogP contribution < -0.4 is 11.5 Å². The number of aryl methyl sites for hydroxylation is 2. The van der Waals surface area contributed by atoms with Crippen molar-refractivity contribution in [3.63, 3.8) is 0 Å². The molecule has 0 aromatic carbocycles. The van der Waals surface area contributed by atoms with E-state index in [4.69, 9.17) is 21.2 Å². The van der Waals surface area contributed by atoms with Gasteiger partial charge >= 0.3 is 0 Å². The molecular formula is C19H24N6O. The highest BCUT2D eigenvalue weighted by Gasteiger charge is 2.16. The van der Waals surface area contributed by atoms with Gasteiger partial charge in [0.1, 0.15) is 23.0 Å². The molecule has 0 radical (unpaired) electrons. The summed E-state index contributed by atoms with van der Waals surface area (Å²) in [5.41, 5.74) is 15.2. The van der Waals surface area contributed by atoms with Crippen LogP contribution in [0.5, 0.6) is 0 Å². The van der Waals surface area contributed by atoms with Gasteiger partial charge in [0.2, 0.25) is 0 Å². The van der Waals surface area contributed by atoms with Crippen LogP contribution in [0.25, 0.3) is 22.4 Å². The van der Waals surface area contributed by atoms with Crippen LogP contribution in [-0.2, 0) is 11.3 Å². The minimum Gasteiger partial charge on any atom is -0.384 e. The summed E-state index contributed by atoms with van der Waals surface area (Å²) in [6.45, 7) is 4.71. The number of hydrogen-bond donors (Lipinski definition) is 2. The molecule has 26 heavy (non-hydrogen) atoms. The van der Waals surface area contributed by atoms with Crippen molar-refractivity contribution in [3.8, 4) is 11.3 Å². The monoisotopic (exact) mass is 352 g/mol. The van der Waals surface area contributed by atoms with Crippen molar-refractivity contribution in [1.29, 1.82) is 0 Å². The number of anilines is 2. The lowest BCUT2D eigenvalue weighted by Gasteiger charge is -2.22. The molecule has 3 aromatic rings. The first-order chi connectivity index (χ1) is 12.6. The quantitative estimate of drug-likeness (QED) is 0.748. The van der Waals surface area contributed by atoms with Gasteiger partial charge in [0.15, 0.2) is 5.65 Å². The molecule has 4 rings (SSSR count). The molecular weight excluding hydrogens is 328 g/mol. The van der Waals surface area contributed by atoms with E-state index in [1.807, 2.05) is 19.1 Å². The number of rotatable bonds is 4. The van der Waals surface area contributed by atoms with E-state index in [9.17, 15) is 0 Å². The van der Waals surface area contributed by atoms with Gasteiger partial charge in [0, 0.05) is 25.3 Å². The van der Waals surface area contributed by atoms with E-state index in [2.05, 4.69) is 14.5 Å². The zero-order valence-corrected chi connectivity index (χ0v) is 15.0. The van der Waals surface area contributed by atoms with Crippen LogP contribution in [0.2, 0.25) is 0 Å². The summed E-state index contributed by atoms with van der Waals surface area (Å²) in [5, 5.41) is 0. The topological polar surface area (TPSA) is 105 Å². The molecule has 0 atom stereocenters. The maximum absolute atomic E-state index is 5.83. The Morgan fingerprint density at radius 3 is 2.54 bits per heavy atom. The molecule has 1 saturated heterocycles. The molecule has 4 N–H and O–H groups in total. The number of imidazole rings is 1. The second-order valence-corrected chi connectivity index (χ2v) is 6.90. The van der Waals surface area contributed by atoms with Crippen LogP contribution in [0, 0.1) is 12.8 Å². The number of nitrogens with zero attached hydrogens (tertiary/aromatic N) is 4. The number of aromatic nitrogens is 4. The average Bonchev–Trinajstić information content (AvgIpc) is 2.94. The number of nitrogens with two attached hydrogens (primary N) is 2. The zero-order valence-electron chi connectivity index (χ0n) is 15.0. The van der Waals surface area contributed by atoms with Crippen molar-refractivity contribution in [2.24, 2.45) is 5.92 Å². The van der Waals surface area contributed by atoms with Crippen LogP contribution in [0.1, 0.15) is 25.1 Å². The summed E-state index contributed by atoms with van der Waals surface area (Å²) in [7, 11) is 0. The predicted octanol–water partition coefficient (Wildman–Crippen LogP) is 2.78. The third kappa shape index (κ3) is 3.35. The van der Waals surface area contributed by atoms with E-state index >= 15 is 0 Å². The molecule has 0 bridgehead atoms. The van der Waals surface area contributed by atoms with E-state index in [1.54, 1.807) is 12.1 Å². The van der Waals surface area contributed by atoms with Crippen molar-refractivity contribution in [1.82, 2.24) is 19.5 Å². The van der Waals surface area contributed by atoms with Gasteiger partial charge in [-0.3, -0.25) is 0 Å². The molecule has 0 amide bonds. The Morgan fingerprint density at radius 1 is 1.08 bits per heavy atom. The van der Waals surface area contributed by atoms with Crippen molar-refractivity contribution >= 4 is 22.8 Å². The Hall–Kier alpha value is -2.67. The van der Waals surface area contributed by atoms with E-state index < -0.39 is 0 Å². The highest BCUT2D eigenvalue weighted by atomic mass is 16.5. The lowest BCUT2D eigenvalue weighted by atomic mass is 9.97. The number of fused-ring (bicyclic) bond motifs is 1. The number of hydrogen-bond acceptors (Lipinski definition) is 6. The van der Waals surface area contributed by atoms with Gasteiger partial charge in [0.25, 0.3) is 0 Å². The molecule has 0 aliphatic carbocycles. The Morgan fingerprint density at radius 2 is 1.81 bits per heavy atom. The molecule has 7 heteroatoms. The molecule has 1 aliphatic rings. The van der Waals surface area contributed by atoms with Gasteiger partial charge < -0.3 is 20.8 Å². The Balaban J connectivity index is 1.65. The molecule has 1 aliphatic heterocycles. The van der Waals surface area contributed by atoms with Crippen molar-refractivity contribution in [2.45, 2.75) is 32.7 Å². The van der Waals surface area contributed by atoms with Gasteiger partial charge in [-0.05, 0) is 56.4 Å². The van der Waals surface area contributed by atoms with Gasteiger partial charge in [0.05, 0.1) is 5.69 Å². The molecule has 4 heterocycles. The minimum absolute atomic E-state index is 0.395. The lowest BCUT2D eigenvalue weighted by molar-refractivity contribution is 0.0626. The summed E-state index contributed by atoms with van der Waals surface area (Å²) < 4.78 is 7.67. The first kappa shape index (κ1) is 16.8. The van der Waals surface area contributed by atoms with Gasteiger partial charge in [-0.25, -0.2) is 15.0 Å². The maximum atomic E-state index is 5.83. The summed E-state index contributed by atoms with van der Waals surface area (Å²) in [4.78, 5) is 13.5. The van der Waals surface area contributed by atoms with Crippen molar-refractivity contribution in [2.75, 3.05) is 24.7 Å². The summed E-state index contributed by atoms with van der Waals surface area (Å²) in [6, 6.07) is 7.54. The third-order valence-electron chi connectivity index (χ3n) is 5.05. The van der Waals surface area contributed by atoms with E-state index in [1.165, 1.54) is 0 Å². The highest BCUT2D eigenvalue weighted by Crippen LogP contribution is 2.25. The fraction of sp³-hybridized carbons (Fsp3) is 0.421. The number of pyridine rings is 2. The first-order valence-corrected chi connectivity index (χ1v) is 9.05. The minimum atomic E-state index is 0.395. The van der Waals surface area contributed by atoms with Crippen molar-refractivity contribution in [3.05, 3.63) is 30.1 Å². The molecule has 0 spiro atoms. The zero-order chi connectivity index (χ0) is 18.1. The van der Waals surface area contributed by atoms with Crippen LogP contribution >= 0.6 is 0 Å². The molecule has 136 valence electrons. The predicted molar refractivity (Wildman–Crippen MR) is 102 cm³/mol. The number of nitrogen functional groups attached to an aromatic ring is 2.